The first-order chi connectivity index (χ1) is 9.13. The third-order valence-corrected chi connectivity index (χ3v) is 3.38. The Morgan fingerprint density at radius 2 is 1.89 bits per heavy atom. The average molecular weight is 263 g/mol. The number of rotatable bonds is 4. The van der Waals surface area contributed by atoms with Gasteiger partial charge in [-0.05, 0) is 26.0 Å². The van der Waals surface area contributed by atoms with E-state index in [4.69, 9.17) is 4.74 Å². The topological polar surface area (TPSA) is 42.8 Å². The van der Waals surface area contributed by atoms with E-state index in [0.717, 1.165) is 25.3 Å². The zero-order valence-corrected chi connectivity index (χ0v) is 11.7. The summed E-state index contributed by atoms with van der Waals surface area (Å²) in [5.74, 6) is 0.0884. The largest absolute Gasteiger partial charge is 0.364 e. The molecule has 4 heteroatoms. The minimum atomic E-state index is 0.0884. The van der Waals surface area contributed by atoms with Crippen LogP contribution in [0.1, 0.15) is 20.3 Å². The molecule has 4 nitrogen and oxygen atoms in total. The van der Waals surface area contributed by atoms with Gasteiger partial charge in [-0.3, -0.25) is 4.79 Å². The Balaban J connectivity index is 1.74. The zero-order chi connectivity index (χ0) is 13.7. The highest BCUT2D eigenvalue weighted by Gasteiger charge is 2.25. The molecule has 1 unspecified atom stereocenters. The van der Waals surface area contributed by atoms with Crippen molar-refractivity contribution in [3.05, 3.63) is 30.3 Å². The van der Waals surface area contributed by atoms with Gasteiger partial charge in [0.2, 0.25) is 5.91 Å². The minimum absolute atomic E-state index is 0.0884. The highest BCUT2D eigenvalue weighted by molar-refractivity contribution is 5.90. The SMILES string of the molecule is C[C@@H]1C[NH+](CCC(=O)Nc2ccccc2)C[C@H](C)O1. The van der Waals surface area contributed by atoms with Gasteiger partial charge >= 0.3 is 0 Å². The summed E-state index contributed by atoms with van der Waals surface area (Å²) in [5.41, 5.74) is 0.867. The lowest BCUT2D eigenvalue weighted by Crippen LogP contribution is -3.15. The number of hydrogen-bond donors (Lipinski definition) is 2. The molecule has 1 heterocycles. The van der Waals surface area contributed by atoms with Gasteiger partial charge in [0, 0.05) is 5.69 Å². The molecule has 0 radical (unpaired) electrons. The molecule has 1 amide bonds. The van der Waals surface area contributed by atoms with Crippen molar-refractivity contribution in [3.8, 4) is 0 Å². The maximum atomic E-state index is 11.9. The van der Waals surface area contributed by atoms with Crippen LogP contribution in [0.25, 0.3) is 0 Å². The molecule has 104 valence electrons. The van der Waals surface area contributed by atoms with Crippen LogP contribution in [0.5, 0.6) is 0 Å². The van der Waals surface area contributed by atoms with Gasteiger partial charge in [0.1, 0.15) is 25.3 Å². The van der Waals surface area contributed by atoms with Gasteiger partial charge in [0.05, 0.1) is 13.0 Å². The minimum Gasteiger partial charge on any atom is -0.364 e. The summed E-state index contributed by atoms with van der Waals surface area (Å²) in [7, 11) is 0. The van der Waals surface area contributed by atoms with Crippen molar-refractivity contribution in [1.29, 1.82) is 0 Å². The molecule has 2 rings (SSSR count). The van der Waals surface area contributed by atoms with E-state index >= 15 is 0 Å². The fourth-order valence-electron chi connectivity index (χ4n) is 2.63. The number of para-hydroxylation sites is 1. The highest BCUT2D eigenvalue weighted by atomic mass is 16.5. The standard InChI is InChI=1S/C15H22N2O2/c1-12-10-17(11-13(2)19-12)9-8-15(18)16-14-6-4-3-5-7-14/h3-7,12-13H,8-11H2,1-2H3,(H,16,18)/p+1/t12-,13+. The normalized spacial score (nSPS) is 26.9. The summed E-state index contributed by atoms with van der Waals surface area (Å²) in [6, 6.07) is 9.60. The van der Waals surface area contributed by atoms with Crippen molar-refractivity contribution in [1.82, 2.24) is 0 Å². The predicted octanol–water partition coefficient (Wildman–Crippen LogP) is 0.707. The van der Waals surface area contributed by atoms with Gasteiger partial charge < -0.3 is 15.0 Å². The molecule has 1 aliphatic rings. The molecule has 1 fully saturated rings. The van der Waals surface area contributed by atoms with E-state index < -0.39 is 0 Å². The summed E-state index contributed by atoms with van der Waals surface area (Å²) in [6.45, 7) is 7.04. The Hall–Kier alpha value is -1.39. The molecule has 0 aliphatic carbocycles. The number of carbonyl (C=O) groups excluding carboxylic acids is 1. The highest BCUT2D eigenvalue weighted by Crippen LogP contribution is 2.05. The average Bonchev–Trinajstić information content (AvgIpc) is 2.36. The van der Waals surface area contributed by atoms with Gasteiger partial charge in [0.25, 0.3) is 0 Å². The number of hydrogen-bond acceptors (Lipinski definition) is 2. The number of quaternary nitrogens is 1. The van der Waals surface area contributed by atoms with E-state index in [1.807, 2.05) is 30.3 Å². The summed E-state index contributed by atoms with van der Waals surface area (Å²) < 4.78 is 5.70. The Labute approximate surface area is 114 Å². The number of carbonyl (C=O) groups is 1. The molecular weight excluding hydrogens is 240 g/mol. The second-order valence-electron chi connectivity index (χ2n) is 5.33. The molecule has 3 atom stereocenters. The molecule has 0 saturated carbocycles. The molecule has 1 saturated heterocycles. The second-order valence-corrected chi connectivity index (χ2v) is 5.33. The van der Waals surface area contributed by atoms with Crippen LogP contribution in [0.4, 0.5) is 5.69 Å². The van der Waals surface area contributed by atoms with E-state index in [0.29, 0.717) is 6.42 Å². The Morgan fingerprint density at radius 1 is 1.26 bits per heavy atom. The van der Waals surface area contributed by atoms with Crippen LogP contribution in [-0.2, 0) is 9.53 Å². The van der Waals surface area contributed by atoms with Crippen LogP contribution in [0.3, 0.4) is 0 Å². The van der Waals surface area contributed by atoms with Gasteiger partial charge in [0.15, 0.2) is 0 Å². The smallest absolute Gasteiger partial charge is 0.230 e. The van der Waals surface area contributed by atoms with Crippen LogP contribution in [0, 0.1) is 0 Å². The number of ether oxygens (including phenoxy) is 1. The quantitative estimate of drug-likeness (QED) is 0.840. The van der Waals surface area contributed by atoms with E-state index in [1.165, 1.54) is 4.90 Å². The van der Waals surface area contributed by atoms with Gasteiger partial charge in [-0.2, -0.15) is 0 Å². The lowest BCUT2D eigenvalue weighted by atomic mass is 10.2. The van der Waals surface area contributed by atoms with Crippen LogP contribution >= 0.6 is 0 Å². The maximum Gasteiger partial charge on any atom is 0.230 e. The van der Waals surface area contributed by atoms with Gasteiger partial charge in [-0.1, -0.05) is 18.2 Å². The van der Waals surface area contributed by atoms with Gasteiger partial charge in [-0.15, -0.1) is 0 Å². The van der Waals surface area contributed by atoms with Crippen molar-refractivity contribution in [3.63, 3.8) is 0 Å². The monoisotopic (exact) mass is 263 g/mol. The molecular formula is C15H23N2O2+. The lowest BCUT2D eigenvalue weighted by Gasteiger charge is -2.32. The predicted molar refractivity (Wildman–Crippen MR) is 75.3 cm³/mol. The molecule has 0 aromatic heterocycles. The fourth-order valence-corrected chi connectivity index (χ4v) is 2.63. The van der Waals surface area contributed by atoms with Crippen molar-refractivity contribution >= 4 is 11.6 Å². The summed E-state index contributed by atoms with van der Waals surface area (Å²) >= 11 is 0. The number of nitrogens with one attached hydrogen (secondary N) is 2. The van der Waals surface area contributed by atoms with Crippen LogP contribution < -0.4 is 10.2 Å². The zero-order valence-electron chi connectivity index (χ0n) is 11.7. The van der Waals surface area contributed by atoms with E-state index in [-0.39, 0.29) is 18.1 Å². The number of benzene rings is 1. The summed E-state index contributed by atoms with van der Waals surface area (Å²) in [6.07, 6.45) is 1.13. The van der Waals surface area contributed by atoms with E-state index in [1.54, 1.807) is 0 Å². The van der Waals surface area contributed by atoms with Crippen molar-refractivity contribution < 1.29 is 14.4 Å². The van der Waals surface area contributed by atoms with E-state index in [2.05, 4.69) is 19.2 Å². The molecule has 1 aliphatic heterocycles. The van der Waals surface area contributed by atoms with Crippen molar-refractivity contribution in [2.24, 2.45) is 0 Å². The van der Waals surface area contributed by atoms with Crippen LogP contribution in [0.2, 0.25) is 0 Å². The van der Waals surface area contributed by atoms with Crippen molar-refractivity contribution in [2.45, 2.75) is 32.5 Å². The first-order valence-corrected chi connectivity index (χ1v) is 6.97. The van der Waals surface area contributed by atoms with Crippen molar-refractivity contribution in [2.75, 3.05) is 25.0 Å². The molecule has 19 heavy (non-hydrogen) atoms. The summed E-state index contributed by atoms with van der Waals surface area (Å²) in [4.78, 5) is 13.3. The number of morpholine rings is 1. The maximum absolute atomic E-state index is 11.9. The first kappa shape index (κ1) is 14.0. The molecule has 0 spiro atoms. The van der Waals surface area contributed by atoms with Crippen LogP contribution in [-0.4, -0.2) is 37.7 Å². The van der Waals surface area contributed by atoms with E-state index in [9.17, 15) is 4.79 Å². The van der Waals surface area contributed by atoms with Crippen LogP contribution in [0.15, 0.2) is 30.3 Å². The Kier molecular flexibility index (Phi) is 4.93. The first-order valence-electron chi connectivity index (χ1n) is 6.97. The molecule has 2 N–H and O–H groups in total. The third kappa shape index (κ3) is 4.65. The summed E-state index contributed by atoms with van der Waals surface area (Å²) in [5, 5.41) is 2.92. The third-order valence-electron chi connectivity index (χ3n) is 3.38. The Bertz CT molecular complexity index is 398. The van der Waals surface area contributed by atoms with Gasteiger partial charge in [-0.25, -0.2) is 0 Å². The second kappa shape index (κ2) is 6.68. The number of amides is 1. The Morgan fingerprint density at radius 3 is 2.53 bits per heavy atom. The number of anilines is 1. The molecule has 1 aromatic carbocycles. The molecule has 1 aromatic rings. The molecule has 0 bridgehead atoms. The fraction of sp³-hybridized carbons (Fsp3) is 0.533. The lowest BCUT2D eigenvalue weighted by molar-refractivity contribution is -0.914.